The van der Waals surface area contributed by atoms with E-state index in [0.29, 0.717) is 22.8 Å². The molecule has 0 aliphatic carbocycles. The Balaban J connectivity index is 1.47. The second-order valence-corrected chi connectivity index (χ2v) is 8.42. The minimum atomic E-state index is -0.282. The summed E-state index contributed by atoms with van der Waals surface area (Å²) in [5.41, 5.74) is 2.66. The van der Waals surface area contributed by atoms with Crippen molar-refractivity contribution >= 4 is 5.91 Å². The Morgan fingerprint density at radius 1 is 1.00 bits per heavy atom. The smallest absolute Gasteiger partial charge is 0.272 e. The van der Waals surface area contributed by atoms with Crippen molar-refractivity contribution in [3.05, 3.63) is 72.1 Å². The molecule has 1 aliphatic heterocycles. The molecule has 4 aromatic rings. The van der Waals surface area contributed by atoms with Crippen LogP contribution in [0.5, 0.6) is 11.5 Å². The van der Waals surface area contributed by atoms with Crippen LogP contribution in [0.4, 0.5) is 0 Å². The molecule has 9 nitrogen and oxygen atoms in total. The molecule has 0 spiro atoms. The number of amides is 1. The molecule has 2 aromatic heterocycles. The highest BCUT2D eigenvalue weighted by Crippen LogP contribution is 2.34. The standard InChI is InChI=1S/C26H28N6O3/c1-34-21-13-12-18(15-22(21)35-2)20-17-32(19-9-5-3-6-10-19)30-25(20)26(33)27-16-24-29-28-23-11-7-4-8-14-31(23)24/h3,5-6,9-10,12-13,15,17H,4,7-8,11,14,16H2,1-2H3,(H,27,33). The van der Waals surface area contributed by atoms with Crippen molar-refractivity contribution in [3.63, 3.8) is 0 Å². The molecule has 180 valence electrons. The molecular weight excluding hydrogens is 444 g/mol. The molecule has 1 aliphatic rings. The zero-order valence-electron chi connectivity index (χ0n) is 19.9. The van der Waals surface area contributed by atoms with Gasteiger partial charge in [0.1, 0.15) is 5.82 Å². The summed E-state index contributed by atoms with van der Waals surface area (Å²) in [7, 11) is 3.18. The third-order valence-electron chi connectivity index (χ3n) is 6.24. The van der Waals surface area contributed by atoms with Gasteiger partial charge in [0, 0.05) is 24.7 Å². The number of carbonyl (C=O) groups excluding carboxylic acids is 1. The Morgan fingerprint density at radius 2 is 1.83 bits per heavy atom. The van der Waals surface area contributed by atoms with Gasteiger partial charge in [-0.3, -0.25) is 4.79 Å². The van der Waals surface area contributed by atoms with Gasteiger partial charge in [0.2, 0.25) is 0 Å². The maximum Gasteiger partial charge on any atom is 0.272 e. The van der Waals surface area contributed by atoms with Crippen molar-refractivity contribution in [1.29, 1.82) is 0 Å². The molecule has 1 N–H and O–H groups in total. The molecular formula is C26H28N6O3. The van der Waals surface area contributed by atoms with Crippen molar-refractivity contribution in [2.75, 3.05) is 14.2 Å². The Bertz CT molecular complexity index is 1330. The molecule has 35 heavy (non-hydrogen) atoms. The van der Waals surface area contributed by atoms with Gasteiger partial charge < -0.3 is 19.4 Å². The number of methoxy groups -OCH3 is 2. The third-order valence-corrected chi connectivity index (χ3v) is 6.24. The number of fused-ring (bicyclic) bond motifs is 1. The van der Waals surface area contributed by atoms with Gasteiger partial charge in [-0.05, 0) is 42.7 Å². The van der Waals surface area contributed by atoms with Crippen LogP contribution in [0.3, 0.4) is 0 Å². The van der Waals surface area contributed by atoms with E-state index in [1.54, 1.807) is 18.9 Å². The summed E-state index contributed by atoms with van der Waals surface area (Å²) in [6, 6.07) is 15.3. The first kappa shape index (κ1) is 22.6. The minimum Gasteiger partial charge on any atom is -0.493 e. The van der Waals surface area contributed by atoms with Crippen LogP contribution < -0.4 is 14.8 Å². The van der Waals surface area contributed by atoms with Crippen LogP contribution in [0.15, 0.2) is 54.7 Å². The summed E-state index contributed by atoms with van der Waals surface area (Å²) in [5, 5.41) is 16.3. The fourth-order valence-electron chi connectivity index (χ4n) is 4.39. The Labute approximate surface area is 203 Å². The SMILES string of the molecule is COc1ccc(-c2cn(-c3ccccc3)nc2C(=O)NCc2nnc3n2CCCCC3)cc1OC. The number of carbonyl (C=O) groups is 1. The largest absolute Gasteiger partial charge is 0.493 e. The molecule has 0 unspecified atom stereocenters. The molecule has 9 heteroatoms. The third kappa shape index (κ3) is 4.62. The minimum absolute atomic E-state index is 0.282. The molecule has 0 saturated carbocycles. The number of ether oxygens (including phenoxy) is 2. The zero-order chi connectivity index (χ0) is 24.2. The summed E-state index contributed by atoms with van der Waals surface area (Å²) >= 11 is 0. The quantitative estimate of drug-likeness (QED) is 0.440. The van der Waals surface area contributed by atoms with Crippen molar-refractivity contribution in [2.45, 2.75) is 38.8 Å². The van der Waals surface area contributed by atoms with Gasteiger partial charge in [-0.15, -0.1) is 10.2 Å². The fourth-order valence-corrected chi connectivity index (χ4v) is 4.39. The number of hydrogen-bond acceptors (Lipinski definition) is 6. The van der Waals surface area contributed by atoms with Crippen molar-refractivity contribution in [3.8, 4) is 28.3 Å². The lowest BCUT2D eigenvalue weighted by Crippen LogP contribution is -2.26. The summed E-state index contributed by atoms with van der Waals surface area (Å²) in [6.45, 7) is 1.17. The zero-order valence-corrected chi connectivity index (χ0v) is 19.9. The summed E-state index contributed by atoms with van der Waals surface area (Å²) in [5.74, 6) is 2.67. The van der Waals surface area contributed by atoms with Gasteiger partial charge in [-0.2, -0.15) is 5.10 Å². The lowest BCUT2D eigenvalue weighted by atomic mass is 10.1. The van der Waals surface area contributed by atoms with E-state index in [-0.39, 0.29) is 12.5 Å². The number of para-hydroxylation sites is 1. The molecule has 0 radical (unpaired) electrons. The van der Waals surface area contributed by atoms with Crippen LogP contribution in [-0.2, 0) is 19.5 Å². The van der Waals surface area contributed by atoms with Gasteiger partial charge in [0.25, 0.3) is 5.91 Å². The Morgan fingerprint density at radius 3 is 2.63 bits per heavy atom. The molecule has 0 bridgehead atoms. The number of aryl methyl sites for hydroxylation is 1. The van der Waals surface area contributed by atoms with Crippen LogP contribution in [0.2, 0.25) is 0 Å². The van der Waals surface area contributed by atoms with E-state index in [9.17, 15) is 4.79 Å². The topological polar surface area (TPSA) is 96.1 Å². The normalized spacial score (nSPS) is 13.1. The van der Waals surface area contributed by atoms with E-state index in [1.165, 1.54) is 6.42 Å². The van der Waals surface area contributed by atoms with Crippen LogP contribution in [0.25, 0.3) is 16.8 Å². The van der Waals surface area contributed by atoms with Crippen LogP contribution in [0.1, 0.15) is 41.4 Å². The molecule has 0 saturated heterocycles. The first-order valence-electron chi connectivity index (χ1n) is 11.7. The van der Waals surface area contributed by atoms with Crippen LogP contribution in [-0.4, -0.2) is 44.7 Å². The Kier molecular flexibility index (Phi) is 6.47. The number of nitrogens with one attached hydrogen (secondary N) is 1. The number of rotatable bonds is 7. The molecule has 0 atom stereocenters. The number of aromatic nitrogens is 5. The predicted molar refractivity (Wildman–Crippen MR) is 131 cm³/mol. The first-order chi connectivity index (χ1) is 17.2. The Hall–Kier alpha value is -4.14. The average Bonchev–Trinajstić information content (AvgIpc) is 3.44. The fraction of sp³-hybridized carbons (Fsp3) is 0.308. The lowest BCUT2D eigenvalue weighted by Gasteiger charge is -2.10. The van der Waals surface area contributed by atoms with Gasteiger partial charge in [0.05, 0.1) is 26.5 Å². The second kappa shape index (κ2) is 10.0. The summed E-state index contributed by atoms with van der Waals surface area (Å²) < 4.78 is 14.7. The first-order valence-corrected chi connectivity index (χ1v) is 11.7. The molecule has 2 aromatic carbocycles. The molecule has 0 fully saturated rings. The van der Waals surface area contributed by atoms with E-state index in [0.717, 1.165) is 48.7 Å². The highest BCUT2D eigenvalue weighted by Gasteiger charge is 2.22. The number of benzene rings is 2. The van der Waals surface area contributed by atoms with E-state index in [4.69, 9.17) is 9.47 Å². The monoisotopic (exact) mass is 472 g/mol. The molecule has 1 amide bonds. The predicted octanol–water partition coefficient (Wildman–Crippen LogP) is 3.80. The van der Waals surface area contributed by atoms with Crippen molar-refractivity contribution in [2.24, 2.45) is 0 Å². The van der Waals surface area contributed by atoms with Crippen molar-refractivity contribution in [1.82, 2.24) is 29.9 Å². The lowest BCUT2D eigenvalue weighted by molar-refractivity contribution is 0.0944. The molecule has 5 rings (SSSR count). The maximum absolute atomic E-state index is 13.4. The van der Waals surface area contributed by atoms with Gasteiger partial charge >= 0.3 is 0 Å². The van der Waals surface area contributed by atoms with E-state index in [2.05, 4.69) is 25.2 Å². The van der Waals surface area contributed by atoms with Crippen LogP contribution in [0, 0.1) is 0 Å². The average molecular weight is 473 g/mol. The van der Waals surface area contributed by atoms with Crippen LogP contribution >= 0.6 is 0 Å². The highest BCUT2D eigenvalue weighted by atomic mass is 16.5. The van der Waals surface area contributed by atoms with Gasteiger partial charge in [0.15, 0.2) is 23.0 Å². The van der Waals surface area contributed by atoms with E-state index < -0.39 is 0 Å². The number of hydrogen-bond donors (Lipinski definition) is 1. The molecule has 3 heterocycles. The number of nitrogens with zero attached hydrogens (tertiary/aromatic N) is 5. The van der Waals surface area contributed by atoms with Crippen molar-refractivity contribution < 1.29 is 14.3 Å². The maximum atomic E-state index is 13.4. The summed E-state index contributed by atoms with van der Waals surface area (Å²) in [6.07, 6.45) is 6.17. The van der Waals surface area contributed by atoms with E-state index >= 15 is 0 Å². The second-order valence-electron chi connectivity index (χ2n) is 8.42. The van der Waals surface area contributed by atoms with Gasteiger partial charge in [-0.1, -0.05) is 30.7 Å². The summed E-state index contributed by atoms with van der Waals surface area (Å²) in [4.78, 5) is 13.4. The van der Waals surface area contributed by atoms with E-state index in [1.807, 2.05) is 54.7 Å². The highest BCUT2D eigenvalue weighted by molar-refractivity contribution is 5.99. The van der Waals surface area contributed by atoms with Gasteiger partial charge in [-0.25, -0.2) is 4.68 Å².